The summed E-state index contributed by atoms with van der Waals surface area (Å²) in [6, 6.07) is 4.10. The van der Waals surface area contributed by atoms with Crippen LogP contribution in [0.3, 0.4) is 0 Å². The van der Waals surface area contributed by atoms with Crippen molar-refractivity contribution in [3.05, 3.63) is 51.6 Å². The maximum absolute atomic E-state index is 13.1. The van der Waals surface area contributed by atoms with Gasteiger partial charge < -0.3 is 40.7 Å². The zero-order valence-corrected chi connectivity index (χ0v) is 23.2. The average Bonchev–Trinajstić information content (AvgIpc) is 2.97. The highest BCUT2D eigenvalue weighted by molar-refractivity contribution is 6.31. The van der Waals surface area contributed by atoms with Crippen molar-refractivity contribution in [2.75, 3.05) is 27.4 Å². The number of ether oxygens (including phenoxy) is 2. The third-order valence-electron chi connectivity index (χ3n) is 7.17. The van der Waals surface area contributed by atoms with Gasteiger partial charge in [-0.05, 0) is 44.6 Å². The molecule has 10 nitrogen and oxygen atoms in total. The number of benzene rings is 2. The van der Waals surface area contributed by atoms with Crippen LogP contribution >= 0.6 is 0 Å². The second-order valence-electron chi connectivity index (χ2n) is 9.34. The van der Waals surface area contributed by atoms with Crippen molar-refractivity contribution in [3.8, 4) is 17.2 Å². The van der Waals surface area contributed by atoms with Crippen molar-refractivity contribution in [2.24, 2.45) is 11.7 Å². The van der Waals surface area contributed by atoms with Crippen LogP contribution in [0.5, 0.6) is 17.2 Å². The molecular weight excluding hydrogens is 506 g/mol. The van der Waals surface area contributed by atoms with E-state index in [-0.39, 0.29) is 64.7 Å². The second-order valence-corrected chi connectivity index (χ2v) is 9.34. The number of aliphatic hydroxyl groups excluding tert-OH is 3. The Morgan fingerprint density at radius 2 is 1.62 bits per heavy atom. The molecule has 0 spiro atoms. The Morgan fingerprint density at radius 1 is 1.00 bits per heavy atom. The monoisotopic (exact) mass is 547 g/mol. The van der Waals surface area contributed by atoms with E-state index in [4.69, 9.17) is 20.3 Å². The Hall–Kier alpha value is -3.02. The van der Waals surface area contributed by atoms with Crippen LogP contribution in [0.1, 0.15) is 76.6 Å². The molecule has 0 saturated carbocycles. The molecule has 0 fully saturated rings. The quantitative estimate of drug-likeness (QED) is 0.240. The minimum Gasteiger partial charge on any atom is -0.507 e. The lowest BCUT2D eigenvalue weighted by Crippen LogP contribution is -2.44. The normalized spacial score (nSPS) is 17.7. The van der Waals surface area contributed by atoms with Gasteiger partial charge in [-0.3, -0.25) is 9.59 Å². The molecule has 2 aromatic rings. The summed E-state index contributed by atoms with van der Waals surface area (Å²) in [5.41, 5.74) is 6.32. The summed E-state index contributed by atoms with van der Waals surface area (Å²) in [5.74, 6) is -1.06. The smallest absolute Gasteiger partial charge is 0.202 e. The maximum Gasteiger partial charge on any atom is 0.202 e. The molecule has 0 aliphatic heterocycles. The van der Waals surface area contributed by atoms with Crippen LogP contribution in [0.4, 0.5) is 0 Å². The van der Waals surface area contributed by atoms with Gasteiger partial charge in [0.2, 0.25) is 5.78 Å². The molecule has 39 heavy (non-hydrogen) atoms. The highest BCUT2D eigenvalue weighted by Gasteiger charge is 2.40. The Bertz CT molecular complexity index is 1150. The third-order valence-corrected chi connectivity index (χ3v) is 7.17. The highest BCUT2D eigenvalue weighted by atomic mass is 16.5. The number of hydrogen-bond donors (Lipinski definition) is 6. The minimum atomic E-state index is -0.796. The number of aliphatic hydroxyl groups is 3. The molecule has 0 bridgehead atoms. The molecule has 7 N–H and O–H groups in total. The Kier molecular flexibility index (Phi) is 11.9. The van der Waals surface area contributed by atoms with Crippen molar-refractivity contribution >= 4 is 11.6 Å². The van der Waals surface area contributed by atoms with E-state index < -0.39 is 23.7 Å². The highest BCUT2D eigenvalue weighted by Crippen LogP contribution is 2.47. The number of phenolic OH excluding ortho intramolecular Hbond substituents is 2. The van der Waals surface area contributed by atoms with E-state index in [9.17, 15) is 30.0 Å². The Morgan fingerprint density at radius 3 is 2.18 bits per heavy atom. The van der Waals surface area contributed by atoms with Gasteiger partial charge in [-0.15, -0.1) is 0 Å². The van der Waals surface area contributed by atoms with Gasteiger partial charge >= 0.3 is 0 Å². The summed E-state index contributed by atoms with van der Waals surface area (Å²) in [4.78, 5) is 26.2. The lowest BCUT2D eigenvalue weighted by Gasteiger charge is -2.29. The summed E-state index contributed by atoms with van der Waals surface area (Å²) in [6.45, 7) is 5.51. The summed E-state index contributed by atoms with van der Waals surface area (Å²) in [6.07, 6.45) is 1.13. The fraction of sp³-hybridized carbons (Fsp3) is 0.517. The summed E-state index contributed by atoms with van der Waals surface area (Å²) < 4.78 is 10.0. The van der Waals surface area contributed by atoms with Crippen LogP contribution in [0, 0.1) is 5.92 Å². The third kappa shape index (κ3) is 6.42. The van der Waals surface area contributed by atoms with Gasteiger partial charge in [-0.25, -0.2) is 0 Å². The number of carbonyl (C=O) groups excluding carboxylic acids is 2. The average molecular weight is 548 g/mol. The second kappa shape index (κ2) is 14.4. The van der Waals surface area contributed by atoms with Crippen molar-refractivity contribution < 1.29 is 44.6 Å². The van der Waals surface area contributed by atoms with E-state index in [1.807, 2.05) is 13.8 Å². The topological polar surface area (TPSA) is 180 Å². The molecule has 10 heteroatoms. The molecule has 2 aromatic carbocycles. The van der Waals surface area contributed by atoms with E-state index in [2.05, 4.69) is 0 Å². The van der Waals surface area contributed by atoms with Gasteiger partial charge in [-0.1, -0.05) is 26.0 Å². The van der Waals surface area contributed by atoms with Crippen LogP contribution in [0.15, 0.2) is 18.2 Å². The number of nitrogens with two attached hydrogens (primary N) is 1. The molecule has 216 valence electrons. The van der Waals surface area contributed by atoms with Crippen molar-refractivity contribution in [1.82, 2.24) is 0 Å². The molecule has 4 unspecified atom stereocenters. The number of ketones is 2. The standard InChI is InChI=1S/C21H20O6.C6H15NO3.C2H6/c1-27-14-4-2-3-12-15(14)21(26)17-16(19(12)24)20(25)13-9-10(7-8-22)5-6-11(13)18(17)23;1-4(10-2)6(9)5(7)3-8;1-2/h2-4,10,22-23,25H,5-9H2,1H3;4-6,8-9H,3,7H2,1-2H3;1-2H3. The largest absolute Gasteiger partial charge is 0.507 e. The fourth-order valence-electron chi connectivity index (χ4n) is 4.90. The van der Waals surface area contributed by atoms with E-state index in [1.54, 1.807) is 19.1 Å². The minimum absolute atomic E-state index is 0.0439. The SMILES string of the molecule is CC.COC(C)C(O)C(N)CO.COc1cccc2c1C(=O)c1c(O)c3c(c(O)c1C2=O)CC(CCO)CC3. The van der Waals surface area contributed by atoms with Crippen LogP contribution in [-0.2, 0) is 17.6 Å². The molecule has 0 radical (unpaired) electrons. The predicted molar refractivity (Wildman–Crippen MR) is 146 cm³/mol. The maximum atomic E-state index is 13.1. The number of hydrogen-bond acceptors (Lipinski definition) is 10. The van der Waals surface area contributed by atoms with Crippen molar-refractivity contribution in [2.45, 2.75) is 64.7 Å². The van der Waals surface area contributed by atoms with E-state index in [0.29, 0.717) is 30.4 Å². The van der Waals surface area contributed by atoms with Gasteiger partial charge in [0.15, 0.2) is 5.78 Å². The van der Waals surface area contributed by atoms with Crippen molar-refractivity contribution in [3.63, 3.8) is 0 Å². The first-order chi connectivity index (χ1) is 18.6. The molecule has 4 rings (SSSR count). The first-order valence-electron chi connectivity index (χ1n) is 13.2. The van der Waals surface area contributed by atoms with Gasteiger partial charge in [0.25, 0.3) is 0 Å². The molecule has 2 aliphatic carbocycles. The Labute approximate surface area is 229 Å². The lowest BCUT2D eigenvalue weighted by atomic mass is 9.75. The number of fused-ring (bicyclic) bond motifs is 3. The number of rotatable bonds is 7. The summed E-state index contributed by atoms with van der Waals surface area (Å²) in [7, 11) is 2.90. The van der Waals surface area contributed by atoms with Crippen LogP contribution in [0.25, 0.3) is 0 Å². The lowest BCUT2D eigenvalue weighted by molar-refractivity contribution is -0.0219. The molecule has 0 amide bonds. The molecule has 2 aliphatic rings. The molecular formula is C29H41NO9. The van der Waals surface area contributed by atoms with Crippen LogP contribution in [-0.4, -0.2) is 82.8 Å². The first-order valence-corrected chi connectivity index (χ1v) is 13.2. The molecule has 4 atom stereocenters. The van der Waals surface area contributed by atoms with Crippen molar-refractivity contribution in [1.29, 1.82) is 0 Å². The fourth-order valence-corrected chi connectivity index (χ4v) is 4.90. The zero-order valence-electron chi connectivity index (χ0n) is 23.2. The number of phenols is 2. The molecule has 0 aromatic heterocycles. The molecule has 0 saturated heterocycles. The van der Waals surface area contributed by atoms with Gasteiger partial charge in [0.1, 0.15) is 17.2 Å². The predicted octanol–water partition coefficient (Wildman–Crippen LogP) is 2.10. The number of carbonyl (C=O) groups is 2. The summed E-state index contributed by atoms with van der Waals surface area (Å²) >= 11 is 0. The van der Waals surface area contributed by atoms with Gasteiger partial charge in [0.05, 0.1) is 48.7 Å². The summed E-state index contributed by atoms with van der Waals surface area (Å²) in [5, 5.41) is 48.6. The van der Waals surface area contributed by atoms with E-state index >= 15 is 0 Å². The number of aromatic hydroxyl groups is 2. The van der Waals surface area contributed by atoms with E-state index in [0.717, 1.165) is 6.42 Å². The van der Waals surface area contributed by atoms with Crippen LogP contribution in [0.2, 0.25) is 0 Å². The van der Waals surface area contributed by atoms with Crippen LogP contribution < -0.4 is 10.5 Å². The number of methoxy groups -OCH3 is 2. The Balaban J connectivity index is 0.000000378. The zero-order chi connectivity index (χ0) is 29.4. The van der Waals surface area contributed by atoms with Gasteiger partial charge in [-0.2, -0.15) is 0 Å². The molecule has 0 heterocycles. The van der Waals surface area contributed by atoms with Gasteiger partial charge in [0, 0.05) is 30.4 Å². The first kappa shape index (κ1) is 32.2. The van der Waals surface area contributed by atoms with E-state index in [1.165, 1.54) is 20.3 Å².